The van der Waals surface area contributed by atoms with Crippen LogP contribution >= 0.6 is 0 Å². The fraction of sp³-hybridized carbons (Fsp3) is 0.364. The van der Waals surface area contributed by atoms with Crippen molar-refractivity contribution in [2.75, 3.05) is 0 Å². The molecule has 0 aliphatic carbocycles. The van der Waals surface area contributed by atoms with Crippen LogP contribution in [0.4, 0.5) is 0 Å². The van der Waals surface area contributed by atoms with Crippen LogP contribution < -0.4 is 0 Å². The highest BCUT2D eigenvalue weighted by atomic mass is 14.9. The number of aryl methyl sites for hydroxylation is 1. The standard InChI is InChI=1S/C11H14N2/c1-8(2)9-4-5-11-10(12-9)6-7-13(11)3/h4-8H,1-3H3. The van der Waals surface area contributed by atoms with Crippen molar-refractivity contribution in [3.8, 4) is 0 Å². The van der Waals surface area contributed by atoms with E-state index in [1.54, 1.807) is 0 Å². The second-order valence-electron chi connectivity index (χ2n) is 3.72. The van der Waals surface area contributed by atoms with Crippen LogP contribution in [-0.4, -0.2) is 9.55 Å². The molecule has 0 bridgehead atoms. The molecule has 0 unspecified atom stereocenters. The van der Waals surface area contributed by atoms with Gasteiger partial charge in [-0.05, 0) is 24.1 Å². The molecule has 0 atom stereocenters. The van der Waals surface area contributed by atoms with E-state index in [9.17, 15) is 0 Å². The van der Waals surface area contributed by atoms with Crippen molar-refractivity contribution in [2.24, 2.45) is 7.05 Å². The van der Waals surface area contributed by atoms with Crippen molar-refractivity contribution < 1.29 is 0 Å². The molecule has 0 aliphatic heterocycles. The number of nitrogens with zero attached hydrogens (tertiary/aromatic N) is 2. The lowest BCUT2D eigenvalue weighted by Crippen LogP contribution is -1.92. The van der Waals surface area contributed by atoms with Gasteiger partial charge in [0.05, 0.1) is 11.0 Å². The molecule has 2 heteroatoms. The smallest absolute Gasteiger partial charge is 0.0884 e. The molecule has 0 fully saturated rings. The zero-order valence-corrected chi connectivity index (χ0v) is 8.28. The molecule has 0 aliphatic rings. The summed E-state index contributed by atoms with van der Waals surface area (Å²) in [6, 6.07) is 6.30. The van der Waals surface area contributed by atoms with Gasteiger partial charge in [0.2, 0.25) is 0 Å². The summed E-state index contributed by atoms with van der Waals surface area (Å²) in [5.41, 5.74) is 3.46. The number of pyridine rings is 1. The fourth-order valence-corrected chi connectivity index (χ4v) is 1.49. The molecule has 2 aromatic heterocycles. The van der Waals surface area contributed by atoms with Gasteiger partial charge in [-0.15, -0.1) is 0 Å². The van der Waals surface area contributed by atoms with Gasteiger partial charge in [-0.3, -0.25) is 4.98 Å². The van der Waals surface area contributed by atoms with Crippen LogP contribution in [0.3, 0.4) is 0 Å². The van der Waals surface area contributed by atoms with Gasteiger partial charge >= 0.3 is 0 Å². The molecule has 68 valence electrons. The third-order valence-electron chi connectivity index (χ3n) is 2.35. The summed E-state index contributed by atoms with van der Waals surface area (Å²) in [6.07, 6.45) is 2.04. The van der Waals surface area contributed by atoms with Gasteiger partial charge < -0.3 is 4.57 Å². The van der Waals surface area contributed by atoms with E-state index in [1.807, 2.05) is 13.2 Å². The van der Waals surface area contributed by atoms with E-state index in [0.717, 1.165) is 5.52 Å². The number of fused-ring (bicyclic) bond motifs is 1. The minimum absolute atomic E-state index is 0.504. The van der Waals surface area contributed by atoms with Crippen molar-refractivity contribution in [2.45, 2.75) is 19.8 Å². The molecule has 0 radical (unpaired) electrons. The predicted octanol–water partition coefficient (Wildman–Crippen LogP) is 2.70. The normalized spacial score (nSPS) is 11.4. The predicted molar refractivity (Wildman–Crippen MR) is 54.8 cm³/mol. The van der Waals surface area contributed by atoms with Crippen molar-refractivity contribution in [1.82, 2.24) is 9.55 Å². The Morgan fingerprint density at radius 2 is 2.00 bits per heavy atom. The average molecular weight is 174 g/mol. The first kappa shape index (κ1) is 8.30. The van der Waals surface area contributed by atoms with Crippen molar-refractivity contribution in [3.63, 3.8) is 0 Å². The lowest BCUT2D eigenvalue weighted by Gasteiger charge is -2.03. The van der Waals surface area contributed by atoms with E-state index in [-0.39, 0.29) is 0 Å². The lowest BCUT2D eigenvalue weighted by molar-refractivity contribution is 0.829. The van der Waals surface area contributed by atoms with E-state index < -0.39 is 0 Å². The van der Waals surface area contributed by atoms with Crippen LogP contribution in [0.2, 0.25) is 0 Å². The molecule has 13 heavy (non-hydrogen) atoms. The van der Waals surface area contributed by atoms with E-state index >= 15 is 0 Å². The van der Waals surface area contributed by atoms with E-state index in [2.05, 4.69) is 41.6 Å². The van der Waals surface area contributed by atoms with Crippen LogP contribution in [0, 0.1) is 0 Å². The summed E-state index contributed by atoms with van der Waals surface area (Å²) in [5, 5.41) is 0. The van der Waals surface area contributed by atoms with Gasteiger partial charge in [-0.25, -0.2) is 0 Å². The largest absolute Gasteiger partial charge is 0.349 e. The summed E-state index contributed by atoms with van der Waals surface area (Å²) in [6.45, 7) is 4.33. The molecule has 0 amide bonds. The molecule has 0 saturated heterocycles. The molecular formula is C11H14N2. The Bertz CT molecular complexity index is 427. The van der Waals surface area contributed by atoms with Crippen molar-refractivity contribution in [1.29, 1.82) is 0 Å². The van der Waals surface area contributed by atoms with Gasteiger partial charge in [-0.2, -0.15) is 0 Å². The molecule has 2 nitrogen and oxygen atoms in total. The molecule has 0 N–H and O–H groups in total. The monoisotopic (exact) mass is 174 g/mol. The number of hydrogen-bond donors (Lipinski definition) is 0. The molecule has 0 aromatic carbocycles. The van der Waals surface area contributed by atoms with Crippen LogP contribution in [-0.2, 0) is 7.05 Å². The van der Waals surface area contributed by atoms with Gasteiger partial charge in [0, 0.05) is 18.9 Å². The molecule has 2 aromatic rings. The minimum Gasteiger partial charge on any atom is -0.349 e. The van der Waals surface area contributed by atoms with Crippen LogP contribution in [0.25, 0.3) is 11.0 Å². The Morgan fingerprint density at radius 3 is 2.69 bits per heavy atom. The third-order valence-corrected chi connectivity index (χ3v) is 2.35. The van der Waals surface area contributed by atoms with Crippen LogP contribution in [0.5, 0.6) is 0 Å². The van der Waals surface area contributed by atoms with Crippen LogP contribution in [0.15, 0.2) is 24.4 Å². The Labute approximate surface area is 78.2 Å². The highest BCUT2D eigenvalue weighted by Gasteiger charge is 2.03. The zero-order valence-electron chi connectivity index (χ0n) is 8.28. The lowest BCUT2D eigenvalue weighted by atomic mass is 10.1. The first-order valence-corrected chi connectivity index (χ1v) is 4.60. The van der Waals surface area contributed by atoms with E-state index in [4.69, 9.17) is 0 Å². The second-order valence-corrected chi connectivity index (χ2v) is 3.72. The Morgan fingerprint density at radius 1 is 1.23 bits per heavy atom. The summed E-state index contributed by atoms with van der Waals surface area (Å²) < 4.78 is 2.09. The highest BCUT2D eigenvalue weighted by Crippen LogP contribution is 2.17. The molecule has 0 saturated carbocycles. The average Bonchev–Trinajstić information content (AvgIpc) is 2.47. The summed E-state index contributed by atoms with van der Waals surface area (Å²) in [5.74, 6) is 0.504. The van der Waals surface area contributed by atoms with Gasteiger partial charge in [0.15, 0.2) is 0 Å². The third kappa shape index (κ3) is 1.32. The van der Waals surface area contributed by atoms with Crippen LogP contribution in [0.1, 0.15) is 25.5 Å². The van der Waals surface area contributed by atoms with Crippen molar-refractivity contribution >= 4 is 11.0 Å². The van der Waals surface area contributed by atoms with E-state index in [0.29, 0.717) is 5.92 Å². The quantitative estimate of drug-likeness (QED) is 0.650. The SMILES string of the molecule is CC(C)c1ccc2c(ccn2C)n1. The summed E-state index contributed by atoms with van der Waals surface area (Å²) in [4.78, 5) is 4.57. The highest BCUT2D eigenvalue weighted by molar-refractivity contribution is 5.75. The molecule has 2 heterocycles. The maximum absolute atomic E-state index is 4.57. The number of rotatable bonds is 1. The first-order valence-electron chi connectivity index (χ1n) is 4.60. The summed E-state index contributed by atoms with van der Waals surface area (Å²) >= 11 is 0. The number of hydrogen-bond acceptors (Lipinski definition) is 1. The molecule has 2 rings (SSSR count). The topological polar surface area (TPSA) is 17.8 Å². The Balaban J connectivity index is 2.63. The Hall–Kier alpha value is -1.31. The second kappa shape index (κ2) is 2.87. The van der Waals surface area contributed by atoms with Gasteiger partial charge in [-0.1, -0.05) is 13.8 Å². The maximum atomic E-state index is 4.57. The summed E-state index contributed by atoms with van der Waals surface area (Å²) in [7, 11) is 2.04. The van der Waals surface area contributed by atoms with Gasteiger partial charge in [0.25, 0.3) is 0 Å². The first-order chi connectivity index (χ1) is 6.18. The maximum Gasteiger partial charge on any atom is 0.0884 e. The van der Waals surface area contributed by atoms with E-state index in [1.165, 1.54) is 11.2 Å². The van der Waals surface area contributed by atoms with Crippen molar-refractivity contribution in [3.05, 3.63) is 30.1 Å². The minimum atomic E-state index is 0.504. The Kier molecular flexibility index (Phi) is 1.83. The van der Waals surface area contributed by atoms with Gasteiger partial charge in [0.1, 0.15) is 0 Å². The molecule has 0 spiro atoms. The zero-order chi connectivity index (χ0) is 9.42. The number of aromatic nitrogens is 2. The molecular weight excluding hydrogens is 160 g/mol. The fourth-order valence-electron chi connectivity index (χ4n) is 1.49.